The molecule has 0 aromatic rings. The Labute approximate surface area is 45.0 Å². The lowest BCUT2D eigenvalue weighted by Gasteiger charge is -1.92. The number of hydrogen-bond acceptors (Lipinski definition) is 4. The first-order valence-electron chi connectivity index (χ1n) is 1.80. The van der Waals surface area contributed by atoms with E-state index in [2.05, 4.69) is 14.8 Å². The molecule has 48 valence electrons. The molecule has 4 nitrogen and oxygen atoms in total. The molecule has 0 saturated carbocycles. The normalized spacial score (nSPS) is 8.75. The van der Waals surface area contributed by atoms with Crippen molar-refractivity contribution in [2.75, 3.05) is 6.86 Å². The van der Waals surface area contributed by atoms with E-state index in [0.717, 1.165) is 6.92 Å². The smallest absolute Gasteiger partial charge is 0.269 e. The number of carbonyl (C=O) groups is 1. The summed E-state index contributed by atoms with van der Waals surface area (Å²) in [6, 6.07) is 0. The van der Waals surface area contributed by atoms with Crippen LogP contribution in [0.3, 0.4) is 0 Å². The predicted octanol–water partition coefficient (Wildman–Crippen LogP) is 0.340. The van der Waals surface area contributed by atoms with Crippen molar-refractivity contribution in [3.05, 3.63) is 0 Å². The van der Waals surface area contributed by atoms with E-state index in [1.165, 1.54) is 0 Å². The zero-order chi connectivity index (χ0) is 6.41. The number of halogens is 1. The zero-order valence-electron chi connectivity index (χ0n) is 4.22. The maximum absolute atomic E-state index is 10.9. The summed E-state index contributed by atoms with van der Waals surface area (Å²) in [6.45, 7) is -0.0468. The first kappa shape index (κ1) is 7.32. The average molecular weight is 124 g/mol. The zero-order valence-corrected chi connectivity index (χ0v) is 4.22. The van der Waals surface area contributed by atoms with Gasteiger partial charge in [-0.15, -0.1) is 0 Å². The Balaban J connectivity index is 2.82. The van der Waals surface area contributed by atoms with Gasteiger partial charge in [-0.2, -0.15) is 4.89 Å². The molecule has 0 rings (SSSR count). The fourth-order valence-electron chi connectivity index (χ4n) is 0.0902. The van der Waals surface area contributed by atoms with Gasteiger partial charge in [0.1, 0.15) is 0 Å². The van der Waals surface area contributed by atoms with Gasteiger partial charge in [-0.05, 0) is 5.04 Å². The summed E-state index contributed by atoms with van der Waals surface area (Å²) < 4.78 is 10.9. The first-order valence-corrected chi connectivity index (χ1v) is 1.80. The van der Waals surface area contributed by atoms with Crippen LogP contribution in [0.15, 0.2) is 0 Å². The van der Waals surface area contributed by atoms with Crippen molar-refractivity contribution in [3.63, 3.8) is 0 Å². The van der Waals surface area contributed by atoms with E-state index in [4.69, 9.17) is 0 Å². The maximum atomic E-state index is 10.9. The Morgan fingerprint density at radius 2 is 2.38 bits per heavy atom. The van der Waals surface area contributed by atoms with Crippen LogP contribution in [0.25, 0.3) is 0 Å². The van der Waals surface area contributed by atoms with Gasteiger partial charge < -0.3 is 0 Å². The molecule has 0 aliphatic heterocycles. The second-order valence-electron chi connectivity index (χ2n) is 0.870. The highest BCUT2D eigenvalue weighted by Crippen LogP contribution is 1.81. The second-order valence-corrected chi connectivity index (χ2v) is 0.870. The summed E-state index contributed by atoms with van der Waals surface area (Å²) in [5, 5.41) is 3.52. The lowest BCUT2D eigenvalue weighted by molar-refractivity contribution is -0.494. The van der Waals surface area contributed by atoms with Gasteiger partial charge in [0.2, 0.25) is 6.86 Å². The lowest BCUT2D eigenvalue weighted by Crippen LogP contribution is -2.00. The van der Waals surface area contributed by atoms with Gasteiger partial charge in [0.25, 0.3) is 0 Å². The summed E-state index contributed by atoms with van der Waals surface area (Å²) in [5.41, 5.74) is 0. The fourth-order valence-corrected chi connectivity index (χ4v) is 0.0902. The molecule has 0 spiro atoms. The number of hydrogen-bond donors (Lipinski definition) is 0. The van der Waals surface area contributed by atoms with Crippen LogP contribution in [0.2, 0.25) is 0 Å². The number of rotatable bonds is 3. The monoisotopic (exact) mass is 124 g/mol. The predicted molar refractivity (Wildman–Crippen MR) is 19.9 cm³/mol. The van der Waals surface area contributed by atoms with Crippen LogP contribution >= 0.6 is 0 Å². The third-order valence-corrected chi connectivity index (χ3v) is 0.244. The Morgan fingerprint density at radius 3 is 2.75 bits per heavy atom. The number of alkyl halides is 1. The molecule has 0 heterocycles. The molecule has 0 amide bonds. The molecule has 0 aromatic heterocycles. The first-order chi connectivity index (χ1) is 3.77. The van der Waals surface area contributed by atoms with E-state index in [9.17, 15) is 9.18 Å². The van der Waals surface area contributed by atoms with Crippen LogP contribution in [0.1, 0.15) is 6.92 Å². The van der Waals surface area contributed by atoms with Crippen molar-refractivity contribution >= 4 is 5.97 Å². The molecule has 0 radical (unpaired) electrons. The molecule has 0 aliphatic carbocycles. The van der Waals surface area contributed by atoms with E-state index in [1.807, 2.05) is 0 Å². The van der Waals surface area contributed by atoms with E-state index < -0.39 is 12.8 Å². The van der Waals surface area contributed by atoms with Crippen molar-refractivity contribution < 1.29 is 24.0 Å². The Bertz CT molecular complexity index is 73.7. The van der Waals surface area contributed by atoms with Gasteiger partial charge in [0.15, 0.2) is 0 Å². The second kappa shape index (κ2) is 4.48. The van der Waals surface area contributed by atoms with Crippen LogP contribution in [0, 0.1) is 0 Å². The van der Waals surface area contributed by atoms with Gasteiger partial charge in [-0.25, -0.2) is 9.18 Å². The Morgan fingerprint density at radius 1 is 1.75 bits per heavy atom. The molecular weight excluding hydrogens is 119 g/mol. The Hall–Kier alpha value is -0.680. The van der Waals surface area contributed by atoms with Crippen LogP contribution in [-0.4, -0.2) is 12.8 Å². The van der Waals surface area contributed by atoms with Gasteiger partial charge in [0.05, 0.1) is 0 Å². The third-order valence-electron chi connectivity index (χ3n) is 0.244. The topological polar surface area (TPSA) is 44.8 Å². The summed E-state index contributed by atoms with van der Waals surface area (Å²) in [4.78, 5) is 17.0. The van der Waals surface area contributed by atoms with Gasteiger partial charge >= 0.3 is 5.97 Å². The molecule has 8 heavy (non-hydrogen) atoms. The van der Waals surface area contributed by atoms with Crippen molar-refractivity contribution in [3.8, 4) is 0 Å². The molecule has 0 fully saturated rings. The summed E-state index contributed by atoms with van der Waals surface area (Å²) in [7, 11) is 0. The summed E-state index contributed by atoms with van der Waals surface area (Å²) >= 11 is 0. The van der Waals surface area contributed by atoms with E-state index in [-0.39, 0.29) is 0 Å². The summed E-state index contributed by atoms with van der Waals surface area (Å²) in [6.07, 6.45) is 0. The molecule has 0 saturated heterocycles. The quantitative estimate of drug-likeness (QED) is 0.309. The van der Waals surface area contributed by atoms with Crippen molar-refractivity contribution in [2.45, 2.75) is 6.92 Å². The van der Waals surface area contributed by atoms with E-state index in [1.54, 1.807) is 0 Å². The number of carbonyl (C=O) groups excluding carboxylic acids is 1. The molecule has 5 heteroatoms. The molecule has 0 unspecified atom stereocenters. The average Bonchev–Trinajstić information content (AvgIpc) is 1.66. The standard InChI is InChI=1S/C3H5FO4/c1-3(5)7-8-6-2-4/h2H2,1H3. The highest BCUT2D eigenvalue weighted by atomic mass is 19.1. The van der Waals surface area contributed by atoms with E-state index >= 15 is 0 Å². The van der Waals surface area contributed by atoms with Crippen molar-refractivity contribution in [1.29, 1.82) is 0 Å². The molecule has 0 aromatic carbocycles. The fraction of sp³-hybridized carbons (Fsp3) is 0.667. The van der Waals surface area contributed by atoms with Crippen molar-refractivity contribution in [1.82, 2.24) is 0 Å². The summed E-state index contributed by atoms with van der Waals surface area (Å²) in [5.74, 6) is -0.696. The molecule has 0 aliphatic rings. The van der Waals surface area contributed by atoms with Gasteiger partial charge in [-0.1, -0.05) is 0 Å². The molecule has 0 atom stereocenters. The highest BCUT2D eigenvalue weighted by molar-refractivity contribution is 5.65. The van der Waals surface area contributed by atoms with Crippen LogP contribution < -0.4 is 0 Å². The van der Waals surface area contributed by atoms with Crippen LogP contribution in [0.5, 0.6) is 0 Å². The van der Waals surface area contributed by atoms with Crippen LogP contribution in [-0.2, 0) is 19.6 Å². The molecule has 0 N–H and O–H groups in total. The largest absolute Gasteiger partial charge is 0.342 e. The minimum Gasteiger partial charge on any atom is -0.269 e. The Kier molecular flexibility index (Phi) is 4.10. The van der Waals surface area contributed by atoms with Crippen molar-refractivity contribution in [2.24, 2.45) is 0 Å². The minimum atomic E-state index is -1.15. The van der Waals surface area contributed by atoms with Crippen LogP contribution in [0.4, 0.5) is 4.39 Å². The molecule has 0 bridgehead atoms. The third kappa shape index (κ3) is 5.32. The maximum Gasteiger partial charge on any atom is 0.342 e. The molecular formula is C3H5FO4. The minimum absolute atomic E-state index is 0.696. The highest BCUT2D eigenvalue weighted by Gasteiger charge is 1.91. The lowest BCUT2D eigenvalue weighted by atomic mass is 10.9. The van der Waals surface area contributed by atoms with E-state index in [0.29, 0.717) is 0 Å². The van der Waals surface area contributed by atoms with Gasteiger partial charge in [0, 0.05) is 6.92 Å². The van der Waals surface area contributed by atoms with Gasteiger partial charge in [-0.3, -0.25) is 4.89 Å². The SMILES string of the molecule is CC(=O)OOOCF.